The molecule has 0 saturated heterocycles. The summed E-state index contributed by atoms with van der Waals surface area (Å²) in [6, 6.07) is -0.545. The van der Waals surface area contributed by atoms with Crippen molar-refractivity contribution in [3.05, 3.63) is 0 Å². The first-order valence-electron chi connectivity index (χ1n) is 28.3. The van der Waals surface area contributed by atoms with Gasteiger partial charge in [-0.3, -0.25) is 9.59 Å². The number of carbonyl (C=O) groups is 2. The highest BCUT2D eigenvalue weighted by Crippen LogP contribution is 2.18. The molecule has 370 valence electrons. The Morgan fingerprint density at radius 3 is 0.984 bits per heavy atom. The molecule has 0 aromatic rings. The van der Waals surface area contributed by atoms with Crippen LogP contribution in [0, 0.1) is 0 Å². The first kappa shape index (κ1) is 60.9. The van der Waals surface area contributed by atoms with E-state index in [1.54, 1.807) is 0 Å². The zero-order valence-electron chi connectivity index (χ0n) is 42.1. The van der Waals surface area contributed by atoms with Crippen molar-refractivity contribution < 1.29 is 24.5 Å². The summed E-state index contributed by atoms with van der Waals surface area (Å²) in [5.41, 5.74) is 0. The zero-order chi connectivity index (χ0) is 45.1. The van der Waals surface area contributed by atoms with Gasteiger partial charge in [0.2, 0.25) is 5.91 Å². The third-order valence-corrected chi connectivity index (χ3v) is 13.4. The van der Waals surface area contributed by atoms with E-state index >= 15 is 0 Å². The minimum Gasteiger partial charge on any atom is -0.466 e. The molecule has 2 unspecified atom stereocenters. The summed E-state index contributed by atoms with van der Waals surface area (Å²) in [5, 5.41) is 23.2. The number of carbonyl (C=O) groups excluding carboxylic acids is 2. The average Bonchev–Trinajstić information content (AvgIpc) is 3.27. The average molecular weight is 879 g/mol. The molecule has 0 spiro atoms. The fraction of sp³-hybridized carbons (Fsp3) is 0.964. The van der Waals surface area contributed by atoms with Gasteiger partial charge in [0.05, 0.1) is 25.4 Å². The topological polar surface area (TPSA) is 95.9 Å². The molecule has 0 aliphatic rings. The van der Waals surface area contributed by atoms with E-state index in [9.17, 15) is 19.8 Å². The Hall–Kier alpha value is -1.14. The summed E-state index contributed by atoms with van der Waals surface area (Å²) in [4.78, 5) is 24.5. The van der Waals surface area contributed by atoms with Crippen molar-refractivity contribution in [3.63, 3.8) is 0 Å². The van der Waals surface area contributed by atoms with Crippen LogP contribution in [-0.2, 0) is 14.3 Å². The van der Waals surface area contributed by atoms with Crippen molar-refractivity contribution >= 4 is 11.9 Å². The molecule has 0 rings (SSSR count). The first-order valence-corrected chi connectivity index (χ1v) is 28.3. The number of hydrogen-bond acceptors (Lipinski definition) is 5. The lowest BCUT2D eigenvalue weighted by atomic mass is 10.0. The minimum absolute atomic E-state index is 0.00577. The number of esters is 1. The Labute approximate surface area is 387 Å². The van der Waals surface area contributed by atoms with E-state index in [0.717, 1.165) is 44.9 Å². The SMILES string of the molecule is CCCCCCCCCCCCCCCCCCCCC(=O)OCCCCCCCCCCCCCCCCCC(=O)NC(CO)C(O)CCCCCCCCCCCCCC. The van der Waals surface area contributed by atoms with E-state index in [0.29, 0.717) is 25.9 Å². The molecule has 62 heavy (non-hydrogen) atoms. The highest BCUT2D eigenvalue weighted by Gasteiger charge is 2.20. The number of rotatable bonds is 53. The van der Waals surface area contributed by atoms with Gasteiger partial charge in [0.25, 0.3) is 0 Å². The third kappa shape index (κ3) is 48.3. The second-order valence-corrected chi connectivity index (χ2v) is 19.6. The smallest absolute Gasteiger partial charge is 0.305 e. The predicted octanol–water partition coefficient (Wildman–Crippen LogP) is 17.1. The lowest BCUT2D eigenvalue weighted by Crippen LogP contribution is -2.45. The van der Waals surface area contributed by atoms with Crippen LogP contribution >= 0.6 is 0 Å². The molecule has 6 nitrogen and oxygen atoms in total. The van der Waals surface area contributed by atoms with Gasteiger partial charge in [-0.05, 0) is 25.7 Å². The van der Waals surface area contributed by atoms with Crippen LogP contribution in [0.15, 0.2) is 0 Å². The van der Waals surface area contributed by atoms with Gasteiger partial charge in [-0.25, -0.2) is 0 Å². The fourth-order valence-electron chi connectivity index (χ4n) is 9.05. The molecule has 0 bridgehead atoms. The standard InChI is InChI=1S/C56H111NO5/c1-3-5-7-9-11-13-15-17-18-19-20-23-26-30-34-38-42-46-50-56(61)62-51-47-43-39-35-31-27-24-21-22-25-29-33-37-41-45-49-55(60)57-53(52-58)54(59)48-44-40-36-32-28-16-14-12-10-8-6-4-2/h53-54,58-59H,3-52H2,1-2H3,(H,57,60). The van der Waals surface area contributed by atoms with Crippen molar-refractivity contribution in [3.8, 4) is 0 Å². The maximum absolute atomic E-state index is 12.4. The van der Waals surface area contributed by atoms with Crippen molar-refractivity contribution in [2.45, 2.75) is 334 Å². The Balaban J connectivity index is 3.38. The van der Waals surface area contributed by atoms with E-state index in [1.165, 1.54) is 244 Å². The predicted molar refractivity (Wildman–Crippen MR) is 269 cm³/mol. The Morgan fingerprint density at radius 2 is 0.661 bits per heavy atom. The molecule has 2 atom stereocenters. The van der Waals surface area contributed by atoms with E-state index in [-0.39, 0.29) is 18.5 Å². The highest BCUT2D eigenvalue weighted by molar-refractivity contribution is 5.76. The summed E-state index contributed by atoms with van der Waals surface area (Å²) in [7, 11) is 0. The summed E-state index contributed by atoms with van der Waals surface area (Å²) >= 11 is 0. The second-order valence-electron chi connectivity index (χ2n) is 19.6. The highest BCUT2D eigenvalue weighted by atomic mass is 16.5. The van der Waals surface area contributed by atoms with Gasteiger partial charge < -0.3 is 20.3 Å². The number of hydrogen-bond donors (Lipinski definition) is 3. The largest absolute Gasteiger partial charge is 0.466 e. The van der Waals surface area contributed by atoms with E-state index in [2.05, 4.69) is 19.2 Å². The first-order chi connectivity index (χ1) is 30.5. The summed E-state index contributed by atoms with van der Waals surface area (Å²) in [6.45, 7) is 4.95. The van der Waals surface area contributed by atoms with Crippen molar-refractivity contribution in [2.75, 3.05) is 13.2 Å². The van der Waals surface area contributed by atoms with E-state index in [1.807, 2.05) is 0 Å². The molecule has 6 heteroatoms. The van der Waals surface area contributed by atoms with Crippen LogP contribution in [0.4, 0.5) is 0 Å². The second kappa shape index (κ2) is 52.5. The van der Waals surface area contributed by atoms with Gasteiger partial charge in [-0.2, -0.15) is 0 Å². The molecule has 0 aromatic carbocycles. The lowest BCUT2D eigenvalue weighted by Gasteiger charge is -2.22. The van der Waals surface area contributed by atoms with Crippen LogP contribution in [0.1, 0.15) is 322 Å². The number of nitrogens with one attached hydrogen (secondary N) is 1. The van der Waals surface area contributed by atoms with Crippen LogP contribution in [0.2, 0.25) is 0 Å². The van der Waals surface area contributed by atoms with Gasteiger partial charge >= 0.3 is 5.97 Å². The Morgan fingerprint density at radius 1 is 0.387 bits per heavy atom. The van der Waals surface area contributed by atoms with Crippen LogP contribution in [0.25, 0.3) is 0 Å². The summed E-state index contributed by atoms with van der Waals surface area (Å²) in [5.74, 6) is -0.0363. The molecular formula is C56H111NO5. The Bertz CT molecular complexity index is 882. The van der Waals surface area contributed by atoms with Crippen molar-refractivity contribution in [2.24, 2.45) is 0 Å². The molecule has 0 aromatic heterocycles. The summed E-state index contributed by atoms with van der Waals surface area (Å²) < 4.78 is 5.49. The van der Waals surface area contributed by atoms with Gasteiger partial charge in [0.15, 0.2) is 0 Å². The number of amides is 1. The molecule has 0 radical (unpaired) electrons. The van der Waals surface area contributed by atoms with Crippen molar-refractivity contribution in [1.82, 2.24) is 5.32 Å². The Kier molecular flexibility index (Phi) is 51.5. The fourth-order valence-corrected chi connectivity index (χ4v) is 9.05. The van der Waals surface area contributed by atoms with Gasteiger partial charge in [0, 0.05) is 12.8 Å². The molecule has 1 amide bonds. The number of ether oxygens (including phenoxy) is 1. The maximum Gasteiger partial charge on any atom is 0.305 e. The van der Waals surface area contributed by atoms with Crippen LogP contribution < -0.4 is 5.32 Å². The van der Waals surface area contributed by atoms with E-state index in [4.69, 9.17) is 4.74 Å². The molecule has 0 saturated carbocycles. The van der Waals surface area contributed by atoms with Gasteiger partial charge in [0.1, 0.15) is 0 Å². The normalized spacial score (nSPS) is 12.5. The number of unbranched alkanes of at least 4 members (excludes halogenated alkanes) is 42. The van der Waals surface area contributed by atoms with Gasteiger partial charge in [-0.15, -0.1) is 0 Å². The van der Waals surface area contributed by atoms with Crippen molar-refractivity contribution in [1.29, 1.82) is 0 Å². The number of aliphatic hydroxyl groups excluding tert-OH is 2. The van der Waals surface area contributed by atoms with Crippen LogP contribution in [0.3, 0.4) is 0 Å². The quantitative estimate of drug-likeness (QED) is 0.0418. The monoisotopic (exact) mass is 878 g/mol. The maximum atomic E-state index is 12.4. The molecule has 0 aliphatic heterocycles. The molecule has 0 aliphatic carbocycles. The zero-order valence-corrected chi connectivity index (χ0v) is 42.1. The molecule has 3 N–H and O–H groups in total. The van der Waals surface area contributed by atoms with Gasteiger partial charge in [-0.1, -0.05) is 284 Å². The van der Waals surface area contributed by atoms with E-state index < -0.39 is 12.1 Å². The number of aliphatic hydroxyl groups is 2. The van der Waals surface area contributed by atoms with Crippen LogP contribution in [-0.4, -0.2) is 47.4 Å². The third-order valence-electron chi connectivity index (χ3n) is 13.4. The summed E-state index contributed by atoms with van der Waals surface area (Å²) in [6.07, 6.45) is 59.4. The van der Waals surface area contributed by atoms with Crippen LogP contribution in [0.5, 0.6) is 0 Å². The molecular weight excluding hydrogens is 767 g/mol. The molecule has 0 heterocycles. The molecule has 0 fully saturated rings. The minimum atomic E-state index is -0.667. The lowest BCUT2D eigenvalue weighted by molar-refractivity contribution is -0.143.